The van der Waals surface area contributed by atoms with Gasteiger partial charge in [-0.3, -0.25) is 0 Å². The number of aliphatic hydroxyl groups excluding tert-OH is 1. The van der Waals surface area contributed by atoms with E-state index in [1.807, 2.05) is 61.5 Å². The van der Waals surface area contributed by atoms with Crippen molar-refractivity contribution >= 4 is 22.4 Å². The fourth-order valence-corrected chi connectivity index (χ4v) is 2.67. The minimum Gasteiger partial charge on any atom is -0.384 e. The third kappa shape index (κ3) is 2.31. The Bertz CT molecular complexity index is 764. The maximum absolute atomic E-state index is 10.6. The van der Waals surface area contributed by atoms with Gasteiger partial charge in [-0.2, -0.15) is 0 Å². The summed E-state index contributed by atoms with van der Waals surface area (Å²) in [4.78, 5) is 0. The van der Waals surface area contributed by atoms with Gasteiger partial charge < -0.3 is 5.11 Å². The normalized spacial score (nSPS) is 12.6. The van der Waals surface area contributed by atoms with E-state index in [2.05, 4.69) is 6.07 Å². The molecule has 20 heavy (non-hydrogen) atoms. The first-order valence-corrected chi connectivity index (χ1v) is 6.96. The van der Waals surface area contributed by atoms with Crippen LogP contribution in [0.3, 0.4) is 0 Å². The van der Waals surface area contributed by atoms with Crippen molar-refractivity contribution < 1.29 is 5.11 Å². The van der Waals surface area contributed by atoms with E-state index in [4.69, 9.17) is 11.6 Å². The standard InChI is InChI=1S/C18H15ClO/c1-12-5-4-8-16(17(12)19)18(20)15-10-9-13-6-2-3-7-14(13)11-15/h2-11,18,20H,1H3. The van der Waals surface area contributed by atoms with Crippen LogP contribution in [0.4, 0.5) is 0 Å². The van der Waals surface area contributed by atoms with Crippen molar-refractivity contribution in [1.82, 2.24) is 0 Å². The summed E-state index contributed by atoms with van der Waals surface area (Å²) in [6.45, 7) is 1.94. The monoisotopic (exact) mass is 282 g/mol. The van der Waals surface area contributed by atoms with Crippen molar-refractivity contribution in [3.8, 4) is 0 Å². The molecule has 0 aliphatic heterocycles. The summed E-state index contributed by atoms with van der Waals surface area (Å²) >= 11 is 6.30. The molecule has 0 saturated heterocycles. The molecule has 1 unspecified atom stereocenters. The second kappa shape index (κ2) is 5.28. The van der Waals surface area contributed by atoms with E-state index >= 15 is 0 Å². The zero-order valence-corrected chi connectivity index (χ0v) is 11.9. The Morgan fingerprint density at radius 3 is 2.45 bits per heavy atom. The van der Waals surface area contributed by atoms with E-state index in [9.17, 15) is 5.11 Å². The van der Waals surface area contributed by atoms with Crippen molar-refractivity contribution in [2.45, 2.75) is 13.0 Å². The highest BCUT2D eigenvalue weighted by atomic mass is 35.5. The molecule has 1 N–H and O–H groups in total. The van der Waals surface area contributed by atoms with Crippen LogP contribution >= 0.6 is 11.6 Å². The smallest absolute Gasteiger partial charge is 0.106 e. The van der Waals surface area contributed by atoms with E-state index in [-0.39, 0.29) is 0 Å². The number of halogens is 1. The van der Waals surface area contributed by atoms with Gasteiger partial charge in [-0.1, -0.05) is 66.2 Å². The lowest BCUT2D eigenvalue weighted by atomic mass is 9.97. The zero-order chi connectivity index (χ0) is 14.1. The molecule has 0 spiro atoms. The first-order chi connectivity index (χ1) is 9.66. The Morgan fingerprint density at radius 2 is 1.65 bits per heavy atom. The Balaban J connectivity index is 2.08. The second-order valence-electron chi connectivity index (χ2n) is 4.99. The van der Waals surface area contributed by atoms with Gasteiger partial charge in [-0.15, -0.1) is 0 Å². The van der Waals surface area contributed by atoms with Crippen LogP contribution in [0.25, 0.3) is 10.8 Å². The summed E-state index contributed by atoms with van der Waals surface area (Å²) in [6, 6.07) is 19.8. The molecule has 1 nitrogen and oxygen atoms in total. The van der Waals surface area contributed by atoms with Gasteiger partial charge in [-0.05, 0) is 34.9 Å². The fraction of sp³-hybridized carbons (Fsp3) is 0.111. The lowest BCUT2D eigenvalue weighted by Crippen LogP contribution is -2.01. The molecular formula is C18H15ClO. The van der Waals surface area contributed by atoms with Gasteiger partial charge in [0.1, 0.15) is 6.10 Å². The van der Waals surface area contributed by atoms with E-state index in [1.54, 1.807) is 0 Å². The molecule has 0 amide bonds. The van der Waals surface area contributed by atoms with Crippen molar-refractivity contribution in [2.75, 3.05) is 0 Å². The molecule has 0 fully saturated rings. The molecule has 3 rings (SSSR count). The van der Waals surface area contributed by atoms with Crippen LogP contribution in [0, 0.1) is 6.92 Å². The minimum atomic E-state index is -0.702. The number of aryl methyl sites for hydroxylation is 1. The number of hydrogen-bond donors (Lipinski definition) is 1. The maximum atomic E-state index is 10.6. The zero-order valence-electron chi connectivity index (χ0n) is 11.2. The SMILES string of the molecule is Cc1cccc(C(O)c2ccc3ccccc3c2)c1Cl. The Kier molecular flexibility index (Phi) is 3.47. The number of benzene rings is 3. The van der Waals surface area contributed by atoms with Gasteiger partial charge in [0.25, 0.3) is 0 Å². The summed E-state index contributed by atoms with van der Waals surface area (Å²) in [7, 11) is 0. The third-order valence-corrected chi connectivity index (χ3v) is 4.12. The Labute approximate surface area is 123 Å². The quantitative estimate of drug-likeness (QED) is 0.710. The number of fused-ring (bicyclic) bond motifs is 1. The van der Waals surface area contributed by atoms with Crippen LogP contribution in [0.15, 0.2) is 60.7 Å². The van der Waals surface area contributed by atoms with Crippen LogP contribution < -0.4 is 0 Å². The number of rotatable bonds is 2. The van der Waals surface area contributed by atoms with Gasteiger partial charge in [0.05, 0.1) is 0 Å². The van der Waals surface area contributed by atoms with Gasteiger partial charge >= 0.3 is 0 Å². The molecule has 0 saturated carbocycles. The molecule has 100 valence electrons. The summed E-state index contributed by atoms with van der Waals surface area (Å²) in [6.07, 6.45) is -0.702. The van der Waals surface area contributed by atoms with Gasteiger partial charge in [-0.25, -0.2) is 0 Å². The number of hydrogen-bond acceptors (Lipinski definition) is 1. The average Bonchev–Trinajstić information content (AvgIpc) is 2.49. The molecule has 0 heterocycles. The van der Waals surface area contributed by atoms with Gasteiger partial charge in [0.15, 0.2) is 0 Å². The van der Waals surface area contributed by atoms with Crippen LogP contribution in [0.2, 0.25) is 5.02 Å². The third-order valence-electron chi connectivity index (χ3n) is 3.61. The van der Waals surface area contributed by atoms with Crippen molar-refractivity contribution in [2.24, 2.45) is 0 Å². The predicted octanol–water partition coefficient (Wildman–Crippen LogP) is 4.88. The van der Waals surface area contributed by atoms with Crippen molar-refractivity contribution in [3.63, 3.8) is 0 Å². The summed E-state index contributed by atoms with van der Waals surface area (Å²) in [5.41, 5.74) is 2.59. The molecule has 1 atom stereocenters. The lowest BCUT2D eigenvalue weighted by molar-refractivity contribution is 0.220. The molecule has 0 aliphatic carbocycles. The topological polar surface area (TPSA) is 20.2 Å². The van der Waals surface area contributed by atoms with E-state index in [0.717, 1.165) is 22.1 Å². The van der Waals surface area contributed by atoms with Crippen LogP contribution in [-0.2, 0) is 0 Å². The van der Waals surface area contributed by atoms with E-state index < -0.39 is 6.10 Å². The second-order valence-corrected chi connectivity index (χ2v) is 5.37. The average molecular weight is 283 g/mol. The van der Waals surface area contributed by atoms with Crippen LogP contribution in [-0.4, -0.2) is 5.11 Å². The highest BCUT2D eigenvalue weighted by molar-refractivity contribution is 6.32. The predicted molar refractivity (Wildman–Crippen MR) is 84.2 cm³/mol. The molecule has 0 bridgehead atoms. The Morgan fingerprint density at radius 1 is 0.900 bits per heavy atom. The molecule has 2 heteroatoms. The highest BCUT2D eigenvalue weighted by Crippen LogP contribution is 2.31. The number of aliphatic hydroxyl groups is 1. The first-order valence-electron chi connectivity index (χ1n) is 6.58. The fourth-order valence-electron chi connectivity index (χ4n) is 2.44. The van der Waals surface area contributed by atoms with Gasteiger partial charge in [0.2, 0.25) is 0 Å². The maximum Gasteiger partial charge on any atom is 0.106 e. The van der Waals surface area contributed by atoms with Crippen molar-refractivity contribution in [3.05, 3.63) is 82.4 Å². The molecular weight excluding hydrogens is 268 g/mol. The van der Waals surface area contributed by atoms with Crippen molar-refractivity contribution in [1.29, 1.82) is 0 Å². The summed E-state index contributed by atoms with van der Waals surface area (Å²) in [5, 5.41) is 13.5. The molecule has 0 aliphatic rings. The molecule has 3 aromatic rings. The van der Waals surface area contributed by atoms with Crippen LogP contribution in [0.5, 0.6) is 0 Å². The van der Waals surface area contributed by atoms with Gasteiger partial charge in [0, 0.05) is 10.6 Å². The first kappa shape index (κ1) is 13.2. The molecule has 3 aromatic carbocycles. The highest BCUT2D eigenvalue weighted by Gasteiger charge is 2.15. The largest absolute Gasteiger partial charge is 0.384 e. The lowest BCUT2D eigenvalue weighted by Gasteiger charge is -2.15. The van der Waals surface area contributed by atoms with E-state index in [1.165, 1.54) is 5.39 Å². The van der Waals surface area contributed by atoms with E-state index in [0.29, 0.717) is 5.02 Å². The molecule has 0 aromatic heterocycles. The van der Waals surface area contributed by atoms with Crippen LogP contribution in [0.1, 0.15) is 22.8 Å². The minimum absolute atomic E-state index is 0.633. The molecule has 0 radical (unpaired) electrons. The summed E-state index contributed by atoms with van der Waals surface area (Å²) in [5.74, 6) is 0. The Hall–Kier alpha value is -1.83. The summed E-state index contributed by atoms with van der Waals surface area (Å²) < 4.78 is 0.